The molecule has 0 saturated carbocycles. The lowest BCUT2D eigenvalue weighted by Gasteiger charge is -2.11. The van der Waals surface area contributed by atoms with Crippen LogP contribution in [-0.4, -0.2) is 22.0 Å². The second-order valence-electron chi connectivity index (χ2n) is 5.19. The van der Waals surface area contributed by atoms with Gasteiger partial charge in [-0.2, -0.15) is 0 Å². The highest BCUT2D eigenvalue weighted by molar-refractivity contribution is 7.99. The Morgan fingerprint density at radius 2 is 1.83 bits per heavy atom. The summed E-state index contributed by atoms with van der Waals surface area (Å²) >= 11 is 1.46. The number of halogens is 1. The van der Waals surface area contributed by atoms with Crippen molar-refractivity contribution in [3.8, 4) is 17.1 Å². The normalized spacial score (nSPS) is 12.1. The van der Waals surface area contributed by atoms with Crippen LogP contribution in [0.5, 0.6) is 5.75 Å². The van der Waals surface area contributed by atoms with Crippen LogP contribution < -0.4 is 10.6 Å². The van der Waals surface area contributed by atoms with Gasteiger partial charge >= 0.3 is 0 Å². The Bertz CT molecular complexity index is 835. The van der Waals surface area contributed by atoms with Crippen LogP contribution in [0.2, 0.25) is 0 Å². The van der Waals surface area contributed by atoms with E-state index in [-0.39, 0.29) is 11.1 Å². The zero-order valence-electron chi connectivity index (χ0n) is 13.3. The lowest BCUT2D eigenvalue weighted by atomic mass is 10.2. The van der Waals surface area contributed by atoms with Gasteiger partial charge in [-0.15, -0.1) is 10.2 Å². The van der Waals surface area contributed by atoms with Crippen molar-refractivity contribution < 1.29 is 9.13 Å². The number of rotatable bonds is 5. The molecule has 124 valence electrons. The molecule has 0 fully saturated rings. The van der Waals surface area contributed by atoms with Crippen LogP contribution in [-0.2, 0) is 0 Å². The van der Waals surface area contributed by atoms with Gasteiger partial charge in [0.2, 0.25) is 5.16 Å². The first-order valence-corrected chi connectivity index (χ1v) is 8.24. The zero-order valence-corrected chi connectivity index (χ0v) is 14.1. The van der Waals surface area contributed by atoms with Crippen molar-refractivity contribution >= 4 is 11.8 Å². The van der Waals surface area contributed by atoms with E-state index in [2.05, 4.69) is 10.2 Å². The number of thioether (sulfide) groups is 1. The second kappa shape index (κ2) is 6.92. The fraction of sp³-hybridized carbons (Fsp3) is 0.176. The van der Waals surface area contributed by atoms with Gasteiger partial charge in [-0.1, -0.05) is 36.0 Å². The minimum absolute atomic E-state index is 0.0580. The van der Waals surface area contributed by atoms with Crippen LogP contribution in [0, 0.1) is 5.82 Å². The number of nitrogens with zero attached hydrogens (tertiary/aromatic N) is 3. The number of nitrogens with two attached hydrogens (primary N) is 1. The maximum Gasteiger partial charge on any atom is 0.210 e. The number of benzene rings is 2. The van der Waals surface area contributed by atoms with Gasteiger partial charge in [-0.25, -0.2) is 9.07 Å². The number of methoxy groups -OCH3 is 1. The maximum atomic E-state index is 13.0. The van der Waals surface area contributed by atoms with E-state index in [0.29, 0.717) is 16.7 Å². The Hall–Kier alpha value is -2.54. The van der Waals surface area contributed by atoms with E-state index in [1.165, 1.54) is 28.6 Å². The Labute approximate surface area is 143 Å². The van der Waals surface area contributed by atoms with Crippen LogP contribution in [0.3, 0.4) is 0 Å². The van der Waals surface area contributed by atoms with Crippen LogP contribution >= 0.6 is 11.8 Å². The summed E-state index contributed by atoms with van der Waals surface area (Å²) in [6.07, 6.45) is 0. The monoisotopic (exact) mass is 344 g/mol. The van der Waals surface area contributed by atoms with E-state index < -0.39 is 0 Å². The standard InChI is InChI=1S/C17H17FN4OS/c1-11(12-7-9-13(18)10-8-12)24-17-21-20-16(22(17)19)14-5-3-4-6-15(14)23-2/h3-11H,19H2,1-2H3. The molecule has 5 nitrogen and oxygen atoms in total. The van der Waals surface area contributed by atoms with Gasteiger partial charge in [0.25, 0.3) is 0 Å². The average molecular weight is 344 g/mol. The van der Waals surface area contributed by atoms with Crippen molar-refractivity contribution in [3.05, 3.63) is 59.9 Å². The van der Waals surface area contributed by atoms with Crippen molar-refractivity contribution in [2.75, 3.05) is 13.0 Å². The smallest absolute Gasteiger partial charge is 0.210 e. The molecular formula is C17H17FN4OS. The molecule has 1 unspecified atom stereocenters. The molecule has 24 heavy (non-hydrogen) atoms. The molecule has 2 aromatic carbocycles. The van der Waals surface area contributed by atoms with Crippen LogP contribution in [0.1, 0.15) is 17.7 Å². The summed E-state index contributed by atoms with van der Waals surface area (Å²) in [5.41, 5.74) is 1.76. The van der Waals surface area contributed by atoms with Gasteiger partial charge in [0.05, 0.1) is 12.7 Å². The lowest BCUT2D eigenvalue weighted by molar-refractivity contribution is 0.416. The van der Waals surface area contributed by atoms with E-state index >= 15 is 0 Å². The second-order valence-corrected chi connectivity index (χ2v) is 6.50. The van der Waals surface area contributed by atoms with E-state index in [4.69, 9.17) is 10.6 Å². The largest absolute Gasteiger partial charge is 0.496 e. The van der Waals surface area contributed by atoms with Crippen molar-refractivity contribution in [1.82, 2.24) is 14.9 Å². The molecular weight excluding hydrogens is 327 g/mol. The Morgan fingerprint density at radius 3 is 2.54 bits per heavy atom. The first-order chi connectivity index (χ1) is 11.6. The van der Waals surface area contributed by atoms with Gasteiger partial charge < -0.3 is 10.6 Å². The predicted octanol–water partition coefficient (Wildman–Crippen LogP) is 3.66. The van der Waals surface area contributed by atoms with E-state index in [1.54, 1.807) is 19.2 Å². The van der Waals surface area contributed by atoms with Gasteiger partial charge in [0.1, 0.15) is 11.6 Å². The molecule has 7 heteroatoms. The fourth-order valence-corrected chi connectivity index (χ4v) is 3.23. The molecule has 1 aromatic heterocycles. The maximum absolute atomic E-state index is 13.0. The summed E-state index contributed by atoms with van der Waals surface area (Å²) in [5, 5.41) is 8.99. The van der Waals surface area contributed by atoms with Crippen LogP contribution in [0.15, 0.2) is 53.7 Å². The van der Waals surface area contributed by atoms with Gasteiger partial charge in [0, 0.05) is 5.25 Å². The molecule has 3 aromatic rings. The molecule has 0 aliphatic heterocycles. The summed E-state index contributed by atoms with van der Waals surface area (Å²) in [6.45, 7) is 2.01. The molecule has 0 radical (unpaired) electrons. The Balaban J connectivity index is 1.86. The molecule has 1 atom stereocenters. The minimum atomic E-state index is -0.253. The highest BCUT2D eigenvalue weighted by Gasteiger charge is 2.18. The molecule has 0 saturated heterocycles. The van der Waals surface area contributed by atoms with Gasteiger partial charge in [-0.3, -0.25) is 0 Å². The summed E-state index contributed by atoms with van der Waals surface area (Å²) < 4.78 is 19.8. The van der Waals surface area contributed by atoms with Crippen molar-refractivity contribution in [1.29, 1.82) is 0 Å². The lowest BCUT2D eigenvalue weighted by Crippen LogP contribution is -2.12. The number of aromatic nitrogens is 3. The predicted molar refractivity (Wildman–Crippen MR) is 92.8 cm³/mol. The molecule has 3 rings (SSSR count). The SMILES string of the molecule is COc1ccccc1-c1nnc(SC(C)c2ccc(F)cc2)n1N. The first-order valence-electron chi connectivity index (χ1n) is 7.36. The molecule has 2 N–H and O–H groups in total. The third kappa shape index (κ3) is 3.21. The van der Waals surface area contributed by atoms with Gasteiger partial charge in [-0.05, 0) is 36.8 Å². The number of para-hydroxylation sites is 1. The topological polar surface area (TPSA) is 66.0 Å². The summed E-state index contributed by atoms with van der Waals surface area (Å²) in [4.78, 5) is 0. The molecule has 0 amide bonds. The highest BCUT2D eigenvalue weighted by Crippen LogP contribution is 2.35. The van der Waals surface area contributed by atoms with Crippen molar-refractivity contribution in [2.24, 2.45) is 0 Å². The number of nitrogen functional groups attached to an aromatic ring is 1. The summed E-state index contributed by atoms with van der Waals surface area (Å²) in [5.74, 6) is 7.12. The summed E-state index contributed by atoms with van der Waals surface area (Å²) in [6, 6.07) is 13.9. The molecule has 0 aliphatic rings. The third-order valence-electron chi connectivity index (χ3n) is 3.63. The highest BCUT2D eigenvalue weighted by atomic mass is 32.2. The molecule has 0 spiro atoms. The molecule has 0 bridgehead atoms. The Kier molecular flexibility index (Phi) is 4.71. The van der Waals surface area contributed by atoms with Crippen LogP contribution in [0.4, 0.5) is 4.39 Å². The number of hydrogen-bond acceptors (Lipinski definition) is 5. The first kappa shape index (κ1) is 16.3. The van der Waals surface area contributed by atoms with Crippen molar-refractivity contribution in [2.45, 2.75) is 17.3 Å². The molecule has 1 heterocycles. The third-order valence-corrected chi connectivity index (χ3v) is 4.75. The van der Waals surface area contributed by atoms with Crippen molar-refractivity contribution in [3.63, 3.8) is 0 Å². The zero-order chi connectivity index (χ0) is 17.1. The Morgan fingerprint density at radius 1 is 1.12 bits per heavy atom. The summed E-state index contributed by atoms with van der Waals surface area (Å²) in [7, 11) is 1.60. The van der Waals surface area contributed by atoms with Crippen LogP contribution in [0.25, 0.3) is 11.4 Å². The van der Waals surface area contributed by atoms with E-state index in [9.17, 15) is 4.39 Å². The average Bonchev–Trinajstić information content (AvgIpc) is 2.96. The van der Waals surface area contributed by atoms with E-state index in [0.717, 1.165) is 11.1 Å². The number of ether oxygens (including phenoxy) is 1. The van der Waals surface area contributed by atoms with Gasteiger partial charge in [0.15, 0.2) is 5.82 Å². The minimum Gasteiger partial charge on any atom is -0.496 e. The quantitative estimate of drug-likeness (QED) is 0.565. The number of hydrogen-bond donors (Lipinski definition) is 1. The fourth-order valence-electron chi connectivity index (χ4n) is 2.33. The molecule has 0 aliphatic carbocycles. The van der Waals surface area contributed by atoms with E-state index in [1.807, 2.05) is 31.2 Å².